The Kier molecular flexibility index (Phi) is 8.67. The van der Waals surface area contributed by atoms with Crippen LogP contribution in [-0.4, -0.2) is 61.3 Å². The van der Waals surface area contributed by atoms with E-state index >= 15 is 0 Å². The Hall–Kier alpha value is -3.99. The van der Waals surface area contributed by atoms with Crippen LogP contribution in [0.1, 0.15) is 20.8 Å². The molecule has 4 aromatic rings. The first-order valence-corrected chi connectivity index (χ1v) is 13.5. The molecule has 1 amide bonds. The van der Waals surface area contributed by atoms with Crippen LogP contribution in [0.3, 0.4) is 0 Å². The molecule has 1 fully saturated rings. The second kappa shape index (κ2) is 12.7. The molecule has 39 heavy (non-hydrogen) atoms. The van der Waals surface area contributed by atoms with Crippen molar-refractivity contribution in [3.63, 3.8) is 0 Å². The highest BCUT2D eigenvalue weighted by molar-refractivity contribution is 7.17. The van der Waals surface area contributed by atoms with Crippen molar-refractivity contribution in [3.05, 3.63) is 82.9 Å². The summed E-state index contributed by atoms with van der Waals surface area (Å²) in [6, 6.07) is 19.4. The predicted molar refractivity (Wildman–Crippen MR) is 152 cm³/mol. The first-order chi connectivity index (χ1) is 19.1. The number of hydrogen-bond acceptors (Lipinski definition) is 9. The first kappa shape index (κ1) is 26.6. The van der Waals surface area contributed by atoms with Crippen molar-refractivity contribution in [2.24, 2.45) is 0 Å². The van der Waals surface area contributed by atoms with E-state index in [1.807, 2.05) is 42.5 Å². The van der Waals surface area contributed by atoms with Crippen LogP contribution >= 0.6 is 11.3 Å². The van der Waals surface area contributed by atoms with E-state index in [9.17, 15) is 4.79 Å². The summed E-state index contributed by atoms with van der Waals surface area (Å²) in [5.74, 6) is 1.70. The molecule has 0 saturated carbocycles. The molecule has 0 spiro atoms. The number of rotatable bonds is 10. The quantitative estimate of drug-likeness (QED) is 0.295. The maximum absolute atomic E-state index is 12.8. The van der Waals surface area contributed by atoms with Gasteiger partial charge in [0.05, 0.1) is 42.9 Å². The number of ether oxygens (including phenoxy) is 3. The highest BCUT2D eigenvalue weighted by atomic mass is 32.1. The van der Waals surface area contributed by atoms with Gasteiger partial charge in [0, 0.05) is 44.1 Å². The first-order valence-electron chi connectivity index (χ1n) is 12.7. The lowest BCUT2D eigenvalue weighted by Gasteiger charge is -2.26. The third-order valence-electron chi connectivity index (χ3n) is 6.30. The zero-order chi connectivity index (χ0) is 27.0. The summed E-state index contributed by atoms with van der Waals surface area (Å²) in [7, 11) is 3.20. The number of thiophene rings is 1. The molecule has 2 N–H and O–H groups in total. The molecular formula is C29H31N5O4S. The number of benzene rings is 2. The van der Waals surface area contributed by atoms with Crippen molar-refractivity contribution in [2.75, 3.05) is 45.8 Å². The number of hydrogen-bond donors (Lipinski definition) is 2. The predicted octanol–water partition coefficient (Wildman–Crippen LogP) is 4.73. The molecule has 1 aliphatic heterocycles. The second-order valence-corrected chi connectivity index (χ2v) is 10.1. The Labute approximate surface area is 231 Å². The van der Waals surface area contributed by atoms with Crippen LogP contribution in [0.2, 0.25) is 0 Å². The molecule has 2 aromatic heterocycles. The minimum absolute atomic E-state index is 0.155. The van der Waals surface area contributed by atoms with E-state index in [0.29, 0.717) is 28.9 Å². The van der Waals surface area contributed by atoms with Gasteiger partial charge in [0.25, 0.3) is 5.91 Å². The molecular weight excluding hydrogens is 514 g/mol. The number of anilines is 2. The van der Waals surface area contributed by atoms with Crippen molar-refractivity contribution in [3.8, 4) is 22.1 Å². The molecule has 0 atom stereocenters. The zero-order valence-electron chi connectivity index (χ0n) is 22.0. The van der Waals surface area contributed by atoms with Gasteiger partial charge in [-0.1, -0.05) is 12.1 Å². The largest absolute Gasteiger partial charge is 0.497 e. The fourth-order valence-corrected chi connectivity index (χ4v) is 5.18. The monoisotopic (exact) mass is 545 g/mol. The maximum Gasteiger partial charge on any atom is 0.261 e. The average molecular weight is 546 g/mol. The van der Waals surface area contributed by atoms with Crippen LogP contribution in [-0.2, 0) is 17.8 Å². The molecule has 1 aliphatic rings. The van der Waals surface area contributed by atoms with Crippen molar-refractivity contribution in [2.45, 2.75) is 13.1 Å². The Morgan fingerprint density at radius 3 is 2.56 bits per heavy atom. The Balaban J connectivity index is 1.22. The molecule has 0 unspecified atom stereocenters. The molecule has 10 heteroatoms. The van der Waals surface area contributed by atoms with Gasteiger partial charge in [-0.05, 0) is 53.6 Å². The van der Waals surface area contributed by atoms with E-state index < -0.39 is 0 Å². The van der Waals surface area contributed by atoms with Crippen LogP contribution in [0.4, 0.5) is 11.6 Å². The van der Waals surface area contributed by atoms with Gasteiger partial charge >= 0.3 is 0 Å². The normalized spacial score (nSPS) is 13.6. The minimum Gasteiger partial charge on any atom is -0.497 e. The van der Waals surface area contributed by atoms with Gasteiger partial charge in [0.1, 0.15) is 11.5 Å². The summed E-state index contributed by atoms with van der Waals surface area (Å²) < 4.78 is 16.1. The number of aromatic nitrogens is 2. The number of morpholine rings is 1. The molecule has 202 valence electrons. The third kappa shape index (κ3) is 7.11. The Morgan fingerprint density at radius 1 is 1.00 bits per heavy atom. The summed E-state index contributed by atoms with van der Waals surface area (Å²) >= 11 is 1.39. The van der Waals surface area contributed by atoms with E-state index in [0.717, 1.165) is 54.7 Å². The summed E-state index contributed by atoms with van der Waals surface area (Å²) in [5, 5.41) is 6.28. The van der Waals surface area contributed by atoms with Crippen LogP contribution in [0, 0.1) is 0 Å². The van der Waals surface area contributed by atoms with Crippen molar-refractivity contribution in [1.29, 1.82) is 0 Å². The smallest absolute Gasteiger partial charge is 0.261 e. The number of amides is 1. The van der Waals surface area contributed by atoms with E-state index in [1.54, 1.807) is 26.5 Å². The lowest BCUT2D eigenvalue weighted by Crippen LogP contribution is -2.35. The minimum atomic E-state index is -0.155. The summed E-state index contributed by atoms with van der Waals surface area (Å²) in [6.45, 7) is 4.68. The van der Waals surface area contributed by atoms with Gasteiger partial charge in [-0.15, -0.1) is 11.3 Å². The number of carbonyl (C=O) groups excluding carboxylic acids is 1. The second-order valence-electron chi connectivity index (χ2n) is 9.05. The van der Waals surface area contributed by atoms with Gasteiger partial charge in [-0.3, -0.25) is 9.69 Å². The van der Waals surface area contributed by atoms with Gasteiger partial charge in [0.2, 0.25) is 5.95 Å². The van der Waals surface area contributed by atoms with E-state index in [1.165, 1.54) is 16.9 Å². The summed E-state index contributed by atoms with van der Waals surface area (Å²) in [6.07, 6.45) is 1.72. The van der Waals surface area contributed by atoms with Crippen LogP contribution < -0.4 is 20.1 Å². The van der Waals surface area contributed by atoms with Crippen LogP contribution in [0.15, 0.2) is 66.9 Å². The molecule has 0 aliphatic carbocycles. The molecule has 9 nitrogen and oxygen atoms in total. The summed E-state index contributed by atoms with van der Waals surface area (Å²) in [5.41, 5.74) is 3.79. The lowest BCUT2D eigenvalue weighted by molar-refractivity contribution is 0.0342. The fourth-order valence-electron chi connectivity index (χ4n) is 4.29. The van der Waals surface area contributed by atoms with Crippen molar-refractivity contribution < 1.29 is 19.0 Å². The van der Waals surface area contributed by atoms with Gasteiger partial charge < -0.3 is 24.8 Å². The van der Waals surface area contributed by atoms with E-state index in [2.05, 4.69) is 37.6 Å². The van der Waals surface area contributed by atoms with Crippen molar-refractivity contribution in [1.82, 2.24) is 20.2 Å². The maximum atomic E-state index is 12.8. The summed E-state index contributed by atoms with van der Waals surface area (Å²) in [4.78, 5) is 25.8. The third-order valence-corrected chi connectivity index (χ3v) is 7.40. The number of carbonyl (C=O) groups is 1. The van der Waals surface area contributed by atoms with Crippen LogP contribution in [0.25, 0.3) is 10.6 Å². The van der Waals surface area contributed by atoms with Gasteiger partial charge in [0.15, 0.2) is 0 Å². The highest BCUT2D eigenvalue weighted by Gasteiger charge is 2.14. The molecule has 0 radical (unpaired) electrons. The fraction of sp³-hybridized carbons (Fsp3) is 0.276. The molecule has 0 bridgehead atoms. The van der Waals surface area contributed by atoms with E-state index in [-0.39, 0.29) is 5.91 Å². The highest BCUT2D eigenvalue weighted by Crippen LogP contribution is 2.28. The molecule has 5 rings (SSSR count). The average Bonchev–Trinajstić information content (AvgIpc) is 3.47. The molecule has 3 heterocycles. The standard InChI is InChI=1S/C29H31N5O4S/c1-36-23-15-21(16-24(17-23)37-2)18-31-28(35)27-7-6-26(39-27)25-8-9-30-29(33-25)32-22-5-3-4-20(14-22)19-34-10-12-38-13-11-34/h3-9,14-17H,10-13,18-19H2,1-2H3,(H,31,35)(H,30,32,33). The Bertz CT molecular complexity index is 1400. The van der Waals surface area contributed by atoms with Crippen LogP contribution in [0.5, 0.6) is 11.5 Å². The lowest BCUT2D eigenvalue weighted by atomic mass is 10.2. The topological polar surface area (TPSA) is 97.8 Å². The van der Waals surface area contributed by atoms with Gasteiger partial charge in [-0.25, -0.2) is 9.97 Å². The molecule has 2 aromatic carbocycles. The molecule has 1 saturated heterocycles. The number of nitrogens with one attached hydrogen (secondary N) is 2. The zero-order valence-corrected chi connectivity index (χ0v) is 22.8. The Morgan fingerprint density at radius 2 is 1.79 bits per heavy atom. The van der Waals surface area contributed by atoms with Crippen molar-refractivity contribution >= 4 is 28.9 Å². The van der Waals surface area contributed by atoms with Gasteiger partial charge in [-0.2, -0.15) is 0 Å². The SMILES string of the molecule is COc1cc(CNC(=O)c2ccc(-c3ccnc(Nc4cccc(CN5CCOCC5)c4)n3)s2)cc(OC)c1. The number of methoxy groups -OCH3 is 2. The number of nitrogens with zero attached hydrogens (tertiary/aromatic N) is 3. The van der Waals surface area contributed by atoms with E-state index in [4.69, 9.17) is 14.2 Å².